The molecule has 228 valence electrons. The van der Waals surface area contributed by atoms with Crippen LogP contribution in [0.1, 0.15) is 49.9 Å². The van der Waals surface area contributed by atoms with Crippen LogP contribution in [0.5, 0.6) is 0 Å². The van der Waals surface area contributed by atoms with Crippen LogP contribution >= 0.6 is 11.3 Å². The first-order valence-corrected chi connectivity index (χ1v) is 14.4. The van der Waals surface area contributed by atoms with Crippen LogP contribution in [0, 0.1) is 20.8 Å². The molecule has 0 aliphatic heterocycles. The summed E-state index contributed by atoms with van der Waals surface area (Å²) in [5, 5.41) is 13.3. The predicted molar refractivity (Wildman–Crippen MR) is 176 cm³/mol. The van der Waals surface area contributed by atoms with Crippen molar-refractivity contribution in [1.29, 1.82) is 0 Å². The summed E-state index contributed by atoms with van der Waals surface area (Å²) >= 11 is 1.41. The van der Waals surface area contributed by atoms with E-state index in [1.54, 1.807) is 6.20 Å². The molecule has 0 aliphatic carbocycles. The minimum atomic E-state index is -0.0787. The van der Waals surface area contributed by atoms with Gasteiger partial charge in [0.05, 0.1) is 0 Å². The number of para-hydroxylation sites is 2. The van der Waals surface area contributed by atoms with Gasteiger partial charge in [0, 0.05) is 57.2 Å². The highest BCUT2D eigenvalue weighted by atomic mass is 32.1. The van der Waals surface area contributed by atoms with Gasteiger partial charge in [-0.1, -0.05) is 66.7 Å². The van der Waals surface area contributed by atoms with Gasteiger partial charge in [0.1, 0.15) is 0 Å². The Morgan fingerprint density at radius 2 is 1.16 bits per heavy atom. The van der Waals surface area contributed by atoms with Crippen molar-refractivity contribution in [2.75, 3.05) is 16.0 Å². The fourth-order valence-corrected chi connectivity index (χ4v) is 3.92. The number of hydrogen-bond donors (Lipinski definition) is 4. The van der Waals surface area contributed by atoms with Crippen LogP contribution in [-0.4, -0.2) is 28.6 Å². The van der Waals surface area contributed by atoms with Gasteiger partial charge in [-0.05, 0) is 49.1 Å². The largest absolute Gasteiger partial charge is 0.352 e. The summed E-state index contributed by atoms with van der Waals surface area (Å²) in [6.07, 6.45) is 1.65. The number of rotatable bonds is 5. The smallest absolute Gasteiger partial charge is 0.223 e. The number of anilines is 3. The Kier molecular flexibility index (Phi) is 16.9. The van der Waals surface area contributed by atoms with E-state index in [4.69, 9.17) is 0 Å². The minimum Gasteiger partial charge on any atom is -0.352 e. The van der Waals surface area contributed by atoms with Gasteiger partial charge in [-0.25, -0.2) is 4.98 Å². The Morgan fingerprint density at radius 3 is 1.65 bits per heavy atom. The number of carbonyl (C=O) groups is 4. The van der Waals surface area contributed by atoms with E-state index in [9.17, 15) is 19.2 Å². The monoisotopic (exact) mass is 603 g/mol. The second-order valence-electron chi connectivity index (χ2n) is 9.36. The van der Waals surface area contributed by atoms with Crippen LogP contribution in [0.25, 0.3) is 0 Å². The quantitative estimate of drug-likeness (QED) is 0.203. The molecule has 0 fully saturated rings. The number of benzene rings is 3. The molecule has 9 nitrogen and oxygen atoms in total. The zero-order chi connectivity index (χ0) is 32.2. The number of nitrogens with zero attached hydrogens (tertiary/aromatic N) is 1. The first-order chi connectivity index (χ1) is 20.4. The SMILES string of the molecule is CC(=O)NCc1ccccc1.CC(=O)Nc1c(C)cccc1C.CC(=O)Nc1ccccc1C.CC(=O)Nc1nccs1. The molecule has 0 bridgehead atoms. The van der Waals surface area contributed by atoms with E-state index in [1.807, 2.05) is 98.9 Å². The lowest BCUT2D eigenvalue weighted by Gasteiger charge is -2.08. The second-order valence-corrected chi connectivity index (χ2v) is 10.3. The topological polar surface area (TPSA) is 129 Å². The van der Waals surface area contributed by atoms with Crippen LogP contribution in [-0.2, 0) is 25.7 Å². The van der Waals surface area contributed by atoms with Crippen LogP contribution < -0.4 is 21.3 Å². The standard InChI is InChI=1S/C10H13NO.2C9H11NO.C5H6N2OS/c1-7-5-4-6-8(2)10(7)11-9(3)12;1-7-5-3-4-6-9(7)10-8(2)11;1-8(11)10-7-9-5-3-2-4-6-9;1-4(8)7-5-6-2-3-9-5/h4-6H,1-3H3,(H,11,12);3-6H,1-2H3,(H,10,11);2-6H,7H2,1H3,(H,10,11);2-3H,1H3,(H,6,7,8). The number of amides is 4. The van der Waals surface area contributed by atoms with E-state index in [-0.39, 0.29) is 23.6 Å². The predicted octanol–water partition coefficient (Wildman–Crippen LogP) is 6.64. The molecule has 4 rings (SSSR count). The maximum Gasteiger partial charge on any atom is 0.223 e. The Labute approximate surface area is 258 Å². The fraction of sp³-hybridized carbons (Fsp3) is 0.242. The van der Waals surface area contributed by atoms with Crippen LogP contribution in [0.2, 0.25) is 0 Å². The van der Waals surface area contributed by atoms with Gasteiger partial charge >= 0.3 is 0 Å². The van der Waals surface area contributed by atoms with Crippen molar-refractivity contribution in [3.63, 3.8) is 0 Å². The molecule has 4 amide bonds. The summed E-state index contributed by atoms with van der Waals surface area (Å²) in [6, 6.07) is 23.5. The summed E-state index contributed by atoms with van der Waals surface area (Å²) in [5.74, 6) is -0.120. The Hall–Kier alpha value is -4.83. The molecule has 1 heterocycles. The molecule has 4 N–H and O–H groups in total. The Morgan fingerprint density at radius 1 is 0.628 bits per heavy atom. The number of aryl methyl sites for hydroxylation is 3. The van der Waals surface area contributed by atoms with Gasteiger partial charge in [-0.3, -0.25) is 19.2 Å². The molecule has 0 saturated heterocycles. The maximum atomic E-state index is 10.8. The summed E-state index contributed by atoms with van der Waals surface area (Å²) in [4.78, 5) is 46.2. The third kappa shape index (κ3) is 16.9. The maximum absolute atomic E-state index is 10.8. The third-order valence-corrected chi connectivity index (χ3v) is 6.03. The van der Waals surface area contributed by atoms with Gasteiger partial charge in [-0.2, -0.15) is 0 Å². The van der Waals surface area contributed by atoms with Gasteiger partial charge in [-0.15, -0.1) is 11.3 Å². The Balaban J connectivity index is 0.000000288. The lowest BCUT2D eigenvalue weighted by molar-refractivity contribution is -0.119. The molecule has 0 radical (unpaired) electrons. The molecule has 0 atom stereocenters. The molecule has 0 saturated carbocycles. The highest BCUT2D eigenvalue weighted by Crippen LogP contribution is 2.19. The molecule has 1 aromatic heterocycles. The fourth-order valence-electron chi connectivity index (χ4n) is 3.35. The van der Waals surface area contributed by atoms with Crippen LogP contribution in [0.4, 0.5) is 16.5 Å². The van der Waals surface area contributed by atoms with Crippen molar-refractivity contribution in [2.24, 2.45) is 0 Å². The third-order valence-electron chi connectivity index (χ3n) is 5.34. The number of nitrogens with one attached hydrogen (secondary N) is 4. The highest BCUT2D eigenvalue weighted by Gasteiger charge is 2.02. The van der Waals surface area contributed by atoms with Gasteiger partial charge in [0.25, 0.3) is 0 Å². The number of carbonyl (C=O) groups excluding carboxylic acids is 4. The van der Waals surface area contributed by atoms with E-state index in [0.29, 0.717) is 11.7 Å². The molecule has 43 heavy (non-hydrogen) atoms. The molecule has 10 heteroatoms. The molecular weight excluding hydrogens is 562 g/mol. The number of aromatic nitrogens is 1. The van der Waals surface area contributed by atoms with E-state index >= 15 is 0 Å². The van der Waals surface area contributed by atoms with E-state index < -0.39 is 0 Å². The van der Waals surface area contributed by atoms with Crippen molar-refractivity contribution in [1.82, 2.24) is 10.3 Å². The second kappa shape index (κ2) is 20.1. The Bertz CT molecular complexity index is 1420. The van der Waals surface area contributed by atoms with Crippen molar-refractivity contribution in [3.8, 4) is 0 Å². The minimum absolute atomic E-state index is 0.00820. The lowest BCUT2D eigenvalue weighted by atomic mass is 10.1. The summed E-state index contributed by atoms with van der Waals surface area (Å²) in [7, 11) is 0. The van der Waals surface area contributed by atoms with E-state index in [0.717, 1.165) is 33.6 Å². The van der Waals surface area contributed by atoms with Crippen molar-refractivity contribution in [2.45, 2.75) is 55.0 Å². The molecule has 0 unspecified atom stereocenters. The van der Waals surface area contributed by atoms with Crippen molar-refractivity contribution < 1.29 is 19.2 Å². The highest BCUT2D eigenvalue weighted by molar-refractivity contribution is 7.13. The zero-order valence-corrected chi connectivity index (χ0v) is 26.6. The summed E-state index contributed by atoms with van der Waals surface area (Å²) in [5.41, 5.74) is 6.24. The molecular formula is C33H41N5O4S. The van der Waals surface area contributed by atoms with Crippen LogP contribution in [0.3, 0.4) is 0 Å². The first-order valence-electron chi connectivity index (χ1n) is 13.5. The van der Waals surface area contributed by atoms with Gasteiger partial charge in [0.2, 0.25) is 23.6 Å². The molecule has 0 spiro atoms. The molecule has 3 aromatic carbocycles. The van der Waals surface area contributed by atoms with E-state index in [1.165, 1.54) is 39.0 Å². The van der Waals surface area contributed by atoms with Crippen molar-refractivity contribution in [3.05, 3.63) is 107 Å². The average molecular weight is 604 g/mol. The van der Waals surface area contributed by atoms with Crippen LogP contribution in [0.15, 0.2) is 84.4 Å². The first kappa shape index (κ1) is 36.2. The van der Waals surface area contributed by atoms with E-state index in [2.05, 4.69) is 26.3 Å². The lowest BCUT2D eigenvalue weighted by Crippen LogP contribution is -2.18. The number of thiazole rings is 1. The van der Waals surface area contributed by atoms with Gasteiger partial charge in [0.15, 0.2) is 5.13 Å². The zero-order valence-electron chi connectivity index (χ0n) is 25.8. The summed E-state index contributed by atoms with van der Waals surface area (Å²) in [6.45, 7) is 12.6. The average Bonchev–Trinajstić information content (AvgIpc) is 3.45. The molecule has 0 aliphatic rings. The normalized spacial score (nSPS) is 9.28. The molecule has 4 aromatic rings. The van der Waals surface area contributed by atoms with Crippen molar-refractivity contribution >= 4 is 51.5 Å². The van der Waals surface area contributed by atoms with Gasteiger partial charge < -0.3 is 21.3 Å². The number of hydrogen-bond acceptors (Lipinski definition) is 6. The summed E-state index contributed by atoms with van der Waals surface area (Å²) < 4.78 is 0.